The first-order valence-corrected chi connectivity index (χ1v) is 5.73. The van der Waals surface area contributed by atoms with Crippen molar-refractivity contribution in [3.8, 4) is 0 Å². The Morgan fingerprint density at radius 3 is 2.33 bits per heavy atom. The van der Waals surface area contributed by atoms with Crippen LogP contribution >= 0.6 is 12.4 Å². The zero-order chi connectivity index (χ0) is 10.6. The second-order valence-electron chi connectivity index (χ2n) is 4.20. The summed E-state index contributed by atoms with van der Waals surface area (Å²) < 4.78 is 0. The average Bonchev–Trinajstić information content (AvgIpc) is 2.20. The van der Waals surface area contributed by atoms with Gasteiger partial charge in [-0.15, -0.1) is 12.4 Å². The molecule has 0 aromatic carbocycles. The number of carbonyl (C=O) groups is 1. The number of amides is 1. The summed E-state index contributed by atoms with van der Waals surface area (Å²) in [5.41, 5.74) is 5.63. The van der Waals surface area contributed by atoms with E-state index in [0.717, 1.165) is 19.4 Å². The van der Waals surface area contributed by atoms with E-state index in [1.807, 2.05) is 11.8 Å². The van der Waals surface area contributed by atoms with E-state index in [0.29, 0.717) is 6.04 Å². The summed E-state index contributed by atoms with van der Waals surface area (Å²) in [5.74, 6) is 0.111. The van der Waals surface area contributed by atoms with Gasteiger partial charge in [-0.05, 0) is 26.7 Å². The molecular weight excluding hydrogens is 212 g/mol. The number of nitrogens with two attached hydrogens (primary N) is 1. The first kappa shape index (κ1) is 14.7. The molecule has 15 heavy (non-hydrogen) atoms. The van der Waals surface area contributed by atoms with Crippen molar-refractivity contribution in [3.05, 3.63) is 0 Å². The van der Waals surface area contributed by atoms with Crippen molar-refractivity contribution in [1.29, 1.82) is 0 Å². The number of hydrogen-bond donors (Lipinski definition) is 1. The van der Waals surface area contributed by atoms with Crippen LogP contribution in [0.15, 0.2) is 0 Å². The quantitative estimate of drug-likeness (QED) is 0.811. The summed E-state index contributed by atoms with van der Waals surface area (Å²) in [7, 11) is 0. The van der Waals surface area contributed by atoms with Gasteiger partial charge in [0.1, 0.15) is 0 Å². The highest BCUT2D eigenvalue weighted by molar-refractivity contribution is 5.85. The Bertz CT molecular complexity index is 191. The van der Waals surface area contributed by atoms with Crippen LogP contribution in [0.3, 0.4) is 0 Å². The van der Waals surface area contributed by atoms with Gasteiger partial charge in [-0.1, -0.05) is 19.3 Å². The minimum atomic E-state index is -0.350. The van der Waals surface area contributed by atoms with Crippen molar-refractivity contribution in [1.82, 2.24) is 4.90 Å². The maximum absolute atomic E-state index is 11.8. The van der Waals surface area contributed by atoms with E-state index in [1.165, 1.54) is 19.3 Å². The molecule has 3 nitrogen and oxygen atoms in total. The molecule has 0 aliphatic heterocycles. The molecule has 1 aliphatic carbocycles. The van der Waals surface area contributed by atoms with Crippen LogP contribution in [0, 0.1) is 0 Å². The highest BCUT2D eigenvalue weighted by Crippen LogP contribution is 2.22. The molecule has 1 fully saturated rings. The van der Waals surface area contributed by atoms with Crippen LogP contribution in [0.2, 0.25) is 0 Å². The lowest BCUT2D eigenvalue weighted by molar-refractivity contribution is -0.134. The van der Waals surface area contributed by atoms with Crippen molar-refractivity contribution < 1.29 is 4.79 Å². The van der Waals surface area contributed by atoms with Crippen LogP contribution in [0.1, 0.15) is 46.0 Å². The molecule has 0 heterocycles. The van der Waals surface area contributed by atoms with E-state index in [1.54, 1.807) is 6.92 Å². The normalized spacial score (nSPS) is 19.1. The van der Waals surface area contributed by atoms with Gasteiger partial charge in [0.2, 0.25) is 5.91 Å². The third kappa shape index (κ3) is 3.99. The Hall–Kier alpha value is -0.280. The number of nitrogens with zero attached hydrogens (tertiary/aromatic N) is 1. The lowest BCUT2D eigenvalue weighted by Gasteiger charge is -2.34. The van der Waals surface area contributed by atoms with Gasteiger partial charge in [0.15, 0.2) is 0 Å². The maximum atomic E-state index is 11.8. The fourth-order valence-electron chi connectivity index (χ4n) is 2.25. The molecule has 1 rings (SSSR count). The Balaban J connectivity index is 0.00000196. The molecule has 0 bridgehead atoms. The van der Waals surface area contributed by atoms with Crippen molar-refractivity contribution in [2.75, 3.05) is 6.54 Å². The lowest BCUT2D eigenvalue weighted by Crippen LogP contribution is -2.48. The van der Waals surface area contributed by atoms with E-state index in [2.05, 4.69) is 0 Å². The Labute approximate surface area is 98.8 Å². The maximum Gasteiger partial charge on any atom is 0.239 e. The van der Waals surface area contributed by atoms with Gasteiger partial charge >= 0.3 is 0 Å². The molecule has 0 radical (unpaired) electrons. The summed E-state index contributed by atoms with van der Waals surface area (Å²) in [6.45, 7) is 4.60. The molecule has 90 valence electrons. The molecule has 1 amide bonds. The predicted molar refractivity (Wildman–Crippen MR) is 65.2 cm³/mol. The minimum Gasteiger partial charge on any atom is -0.339 e. The van der Waals surface area contributed by atoms with E-state index >= 15 is 0 Å². The standard InChI is InChI=1S/C11H22N2O.ClH/c1-3-13(11(14)9(2)12)10-7-5-4-6-8-10;/h9-10H,3-8,12H2,1-2H3;1H. The summed E-state index contributed by atoms with van der Waals surface area (Å²) in [6.07, 6.45) is 6.15. The van der Waals surface area contributed by atoms with Crippen LogP contribution in [-0.4, -0.2) is 29.4 Å². The number of halogens is 1. The van der Waals surface area contributed by atoms with Crippen LogP contribution in [0.5, 0.6) is 0 Å². The first-order chi connectivity index (χ1) is 6.66. The third-order valence-electron chi connectivity index (χ3n) is 3.03. The van der Waals surface area contributed by atoms with Crippen LogP contribution in [-0.2, 0) is 4.79 Å². The Morgan fingerprint density at radius 2 is 1.93 bits per heavy atom. The largest absolute Gasteiger partial charge is 0.339 e. The second-order valence-corrected chi connectivity index (χ2v) is 4.20. The number of likely N-dealkylation sites (N-methyl/N-ethyl adjacent to an activating group) is 1. The minimum absolute atomic E-state index is 0. The van der Waals surface area contributed by atoms with Gasteiger partial charge in [0.05, 0.1) is 6.04 Å². The van der Waals surface area contributed by atoms with Gasteiger partial charge in [-0.25, -0.2) is 0 Å². The molecule has 0 aromatic heterocycles. The molecule has 1 atom stereocenters. The number of hydrogen-bond acceptors (Lipinski definition) is 2. The van der Waals surface area contributed by atoms with E-state index in [-0.39, 0.29) is 24.4 Å². The zero-order valence-electron chi connectivity index (χ0n) is 9.74. The highest BCUT2D eigenvalue weighted by atomic mass is 35.5. The summed E-state index contributed by atoms with van der Waals surface area (Å²) in [5, 5.41) is 0. The number of rotatable bonds is 3. The van der Waals surface area contributed by atoms with Gasteiger partial charge in [0, 0.05) is 12.6 Å². The van der Waals surface area contributed by atoms with Crippen molar-refractivity contribution >= 4 is 18.3 Å². The Kier molecular flexibility index (Phi) is 6.94. The van der Waals surface area contributed by atoms with Crippen molar-refractivity contribution in [3.63, 3.8) is 0 Å². The topological polar surface area (TPSA) is 46.3 Å². The molecule has 1 aliphatic rings. The van der Waals surface area contributed by atoms with E-state index < -0.39 is 0 Å². The fourth-order valence-corrected chi connectivity index (χ4v) is 2.25. The highest BCUT2D eigenvalue weighted by Gasteiger charge is 2.25. The van der Waals surface area contributed by atoms with E-state index in [4.69, 9.17) is 5.73 Å². The molecule has 4 heteroatoms. The van der Waals surface area contributed by atoms with E-state index in [9.17, 15) is 4.79 Å². The monoisotopic (exact) mass is 234 g/mol. The molecule has 0 saturated heterocycles. The van der Waals surface area contributed by atoms with Gasteiger partial charge < -0.3 is 10.6 Å². The van der Waals surface area contributed by atoms with Gasteiger partial charge in [-0.2, -0.15) is 0 Å². The molecule has 1 saturated carbocycles. The SMILES string of the molecule is CCN(C(=O)C(C)N)C1CCCCC1.Cl. The first-order valence-electron chi connectivity index (χ1n) is 5.73. The molecule has 2 N–H and O–H groups in total. The van der Waals surface area contributed by atoms with Crippen LogP contribution in [0.4, 0.5) is 0 Å². The molecule has 0 aromatic rings. The van der Waals surface area contributed by atoms with Gasteiger partial charge in [-0.3, -0.25) is 4.79 Å². The molecule has 0 spiro atoms. The lowest BCUT2D eigenvalue weighted by atomic mass is 9.94. The average molecular weight is 235 g/mol. The van der Waals surface area contributed by atoms with Crippen LogP contribution < -0.4 is 5.73 Å². The fraction of sp³-hybridized carbons (Fsp3) is 0.909. The number of carbonyl (C=O) groups excluding carboxylic acids is 1. The molecule has 1 unspecified atom stereocenters. The predicted octanol–water partition coefficient (Wildman–Crippen LogP) is 1.94. The zero-order valence-corrected chi connectivity index (χ0v) is 10.6. The smallest absolute Gasteiger partial charge is 0.239 e. The Morgan fingerprint density at radius 1 is 1.40 bits per heavy atom. The van der Waals surface area contributed by atoms with Crippen molar-refractivity contribution in [2.45, 2.75) is 58.0 Å². The second kappa shape index (κ2) is 7.07. The molecular formula is C11H23ClN2O. The summed E-state index contributed by atoms with van der Waals surface area (Å²) in [6, 6.07) is 0.101. The van der Waals surface area contributed by atoms with Crippen LogP contribution in [0.25, 0.3) is 0 Å². The summed E-state index contributed by atoms with van der Waals surface area (Å²) in [4.78, 5) is 13.7. The summed E-state index contributed by atoms with van der Waals surface area (Å²) >= 11 is 0. The third-order valence-corrected chi connectivity index (χ3v) is 3.03. The van der Waals surface area contributed by atoms with Gasteiger partial charge in [0.25, 0.3) is 0 Å². The van der Waals surface area contributed by atoms with Crippen molar-refractivity contribution in [2.24, 2.45) is 5.73 Å².